The first-order chi connectivity index (χ1) is 12.0. The van der Waals surface area contributed by atoms with Crippen molar-refractivity contribution >= 4 is 23.5 Å². The predicted molar refractivity (Wildman–Crippen MR) is 96.1 cm³/mol. The molecule has 128 valence electrons. The third-order valence-corrected chi connectivity index (χ3v) is 4.40. The molecule has 1 heterocycles. The number of nitrogens with zero attached hydrogens (tertiary/aromatic N) is 2. The second kappa shape index (κ2) is 9.00. The molecule has 1 aromatic carbocycles. The molecule has 0 spiro atoms. The van der Waals surface area contributed by atoms with Gasteiger partial charge in [0.2, 0.25) is 0 Å². The van der Waals surface area contributed by atoms with Gasteiger partial charge >= 0.3 is 5.97 Å². The van der Waals surface area contributed by atoms with Crippen molar-refractivity contribution in [1.29, 1.82) is 5.26 Å². The maximum Gasteiger partial charge on any atom is 0.313 e. The largest absolute Gasteiger partial charge is 0.466 e. The van der Waals surface area contributed by atoms with Crippen LogP contribution in [0.2, 0.25) is 0 Å². The summed E-state index contributed by atoms with van der Waals surface area (Å²) in [4.78, 5) is 27.7. The minimum Gasteiger partial charge on any atom is -0.466 e. The Kier molecular flexibility index (Phi) is 6.72. The maximum atomic E-state index is 11.9. The number of carbonyl (C=O) groups excluding carboxylic acids is 2. The summed E-state index contributed by atoms with van der Waals surface area (Å²) in [6.45, 7) is 3.95. The van der Waals surface area contributed by atoms with Crippen molar-refractivity contribution in [3.8, 4) is 17.3 Å². The van der Waals surface area contributed by atoms with Gasteiger partial charge in [0.05, 0.1) is 23.6 Å². The van der Waals surface area contributed by atoms with Gasteiger partial charge < -0.3 is 4.74 Å². The van der Waals surface area contributed by atoms with Gasteiger partial charge in [-0.3, -0.25) is 9.59 Å². The quantitative estimate of drug-likeness (QED) is 0.430. The predicted octanol–water partition coefficient (Wildman–Crippen LogP) is 3.54. The first-order valence-corrected chi connectivity index (χ1v) is 8.80. The van der Waals surface area contributed by atoms with Gasteiger partial charge in [0.1, 0.15) is 17.5 Å². The molecular weight excluding hydrogens is 336 g/mol. The molecule has 0 bridgehead atoms. The van der Waals surface area contributed by atoms with Crippen molar-refractivity contribution in [3.63, 3.8) is 0 Å². The van der Waals surface area contributed by atoms with E-state index in [-0.39, 0.29) is 24.6 Å². The highest BCUT2D eigenvalue weighted by Gasteiger charge is 2.14. The lowest BCUT2D eigenvalue weighted by Gasteiger charge is -2.07. The molecule has 0 N–H and O–H groups in total. The van der Waals surface area contributed by atoms with Gasteiger partial charge in [-0.05, 0) is 26.0 Å². The van der Waals surface area contributed by atoms with E-state index in [1.54, 1.807) is 19.1 Å². The summed E-state index contributed by atoms with van der Waals surface area (Å²) in [7, 11) is 0. The Bertz CT molecular complexity index is 810. The minimum absolute atomic E-state index is 0.0673. The molecule has 0 atom stereocenters. The molecule has 1 aromatic heterocycles. The zero-order valence-electron chi connectivity index (χ0n) is 14.1. The van der Waals surface area contributed by atoms with Crippen LogP contribution in [0.15, 0.2) is 41.4 Å². The van der Waals surface area contributed by atoms with Crippen LogP contribution in [-0.2, 0) is 14.3 Å². The normalized spacial score (nSPS) is 10.1. The Morgan fingerprint density at radius 3 is 2.56 bits per heavy atom. The van der Waals surface area contributed by atoms with Crippen molar-refractivity contribution < 1.29 is 14.3 Å². The van der Waals surface area contributed by atoms with E-state index in [0.717, 1.165) is 28.6 Å². The SMILES string of the molecule is CCOC(=O)CC(=O)CSc1nc(-c2ccc(C)cc2)ccc1C#N. The summed E-state index contributed by atoms with van der Waals surface area (Å²) in [6.07, 6.45) is -0.264. The average molecular weight is 354 g/mol. The number of benzene rings is 1. The second-order valence-corrected chi connectivity index (χ2v) is 6.30. The smallest absolute Gasteiger partial charge is 0.313 e. The maximum absolute atomic E-state index is 11.9. The number of ketones is 1. The molecule has 0 fully saturated rings. The van der Waals surface area contributed by atoms with Gasteiger partial charge in [0, 0.05) is 5.56 Å². The van der Waals surface area contributed by atoms with Crippen molar-refractivity contribution in [1.82, 2.24) is 4.98 Å². The number of ether oxygens (including phenoxy) is 1. The molecule has 0 saturated heterocycles. The average Bonchev–Trinajstić information content (AvgIpc) is 2.60. The van der Waals surface area contributed by atoms with Crippen LogP contribution < -0.4 is 0 Å². The molecule has 2 rings (SSSR count). The van der Waals surface area contributed by atoms with E-state index in [1.807, 2.05) is 31.2 Å². The molecule has 5 nitrogen and oxygen atoms in total. The number of aryl methyl sites for hydroxylation is 1. The third-order valence-electron chi connectivity index (χ3n) is 3.34. The number of aromatic nitrogens is 1. The Morgan fingerprint density at radius 1 is 1.20 bits per heavy atom. The molecule has 0 aliphatic carbocycles. The van der Waals surface area contributed by atoms with Crippen LogP contribution in [0.5, 0.6) is 0 Å². The van der Waals surface area contributed by atoms with E-state index in [4.69, 9.17) is 4.74 Å². The molecular formula is C19H18N2O3S. The molecule has 2 aromatic rings. The van der Waals surface area contributed by atoms with E-state index >= 15 is 0 Å². The summed E-state index contributed by atoms with van der Waals surface area (Å²) < 4.78 is 4.76. The number of pyridine rings is 1. The van der Waals surface area contributed by atoms with Gasteiger partial charge in [0.25, 0.3) is 0 Å². The van der Waals surface area contributed by atoms with Gasteiger partial charge in [-0.25, -0.2) is 4.98 Å². The highest BCUT2D eigenvalue weighted by molar-refractivity contribution is 8.00. The molecule has 0 unspecified atom stereocenters. The molecule has 0 saturated carbocycles. The van der Waals surface area contributed by atoms with E-state index < -0.39 is 5.97 Å². The van der Waals surface area contributed by atoms with E-state index in [0.29, 0.717) is 10.6 Å². The number of hydrogen-bond donors (Lipinski definition) is 0. The standard InChI is InChI=1S/C19H18N2O3S/c1-3-24-18(23)10-16(22)12-25-19-15(11-20)8-9-17(21-19)14-6-4-13(2)5-7-14/h4-9H,3,10,12H2,1-2H3. The van der Waals surface area contributed by atoms with Gasteiger partial charge in [-0.2, -0.15) is 5.26 Å². The summed E-state index contributed by atoms with van der Waals surface area (Å²) in [5.74, 6) is -0.720. The molecule has 25 heavy (non-hydrogen) atoms. The molecule has 0 aliphatic heterocycles. The highest BCUT2D eigenvalue weighted by atomic mass is 32.2. The zero-order valence-corrected chi connectivity index (χ0v) is 14.9. The fourth-order valence-corrected chi connectivity index (χ4v) is 2.93. The Labute approximate surface area is 151 Å². The van der Waals surface area contributed by atoms with Gasteiger partial charge in [-0.15, -0.1) is 0 Å². The van der Waals surface area contributed by atoms with Crippen LogP contribution in [0.1, 0.15) is 24.5 Å². The van der Waals surface area contributed by atoms with E-state index in [2.05, 4.69) is 11.1 Å². The topological polar surface area (TPSA) is 80.1 Å². The molecule has 6 heteroatoms. The van der Waals surface area contributed by atoms with Crippen LogP contribution in [0, 0.1) is 18.3 Å². The summed E-state index contributed by atoms with van der Waals surface area (Å²) >= 11 is 1.16. The lowest BCUT2D eigenvalue weighted by molar-refractivity contribution is -0.145. The summed E-state index contributed by atoms with van der Waals surface area (Å²) in [5, 5.41) is 9.72. The third kappa shape index (κ3) is 5.44. The highest BCUT2D eigenvalue weighted by Crippen LogP contribution is 2.25. The molecule has 0 radical (unpaired) electrons. The summed E-state index contributed by atoms with van der Waals surface area (Å²) in [6, 6.07) is 13.5. The second-order valence-electron chi connectivity index (χ2n) is 5.34. The van der Waals surface area contributed by atoms with Gasteiger partial charge in [-0.1, -0.05) is 41.6 Å². The minimum atomic E-state index is -0.532. The van der Waals surface area contributed by atoms with E-state index in [1.165, 1.54) is 0 Å². The van der Waals surface area contributed by atoms with Crippen LogP contribution in [0.4, 0.5) is 0 Å². The van der Waals surface area contributed by atoms with E-state index in [9.17, 15) is 14.9 Å². The molecule has 0 aliphatic rings. The number of carbonyl (C=O) groups is 2. The number of rotatable bonds is 7. The van der Waals surface area contributed by atoms with Crippen LogP contribution in [0.3, 0.4) is 0 Å². The lowest BCUT2D eigenvalue weighted by Crippen LogP contribution is -2.12. The Morgan fingerprint density at radius 2 is 1.92 bits per heavy atom. The van der Waals surface area contributed by atoms with Crippen molar-refractivity contribution in [2.24, 2.45) is 0 Å². The lowest BCUT2D eigenvalue weighted by atomic mass is 10.1. The zero-order chi connectivity index (χ0) is 18.2. The number of hydrogen-bond acceptors (Lipinski definition) is 6. The number of esters is 1. The van der Waals surface area contributed by atoms with Crippen molar-refractivity contribution in [2.45, 2.75) is 25.3 Å². The molecule has 0 amide bonds. The van der Waals surface area contributed by atoms with Crippen LogP contribution in [-0.4, -0.2) is 29.1 Å². The fraction of sp³-hybridized carbons (Fsp3) is 0.263. The summed E-state index contributed by atoms with van der Waals surface area (Å²) in [5.41, 5.74) is 3.23. The Balaban J connectivity index is 2.12. The monoisotopic (exact) mass is 354 g/mol. The van der Waals surface area contributed by atoms with Gasteiger partial charge in [0.15, 0.2) is 5.78 Å². The van der Waals surface area contributed by atoms with Crippen LogP contribution in [0.25, 0.3) is 11.3 Å². The number of nitriles is 1. The van der Waals surface area contributed by atoms with Crippen LogP contribution >= 0.6 is 11.8 Å². The van der Waals surface area contributed by atoms with Crippen molar-refractivity contribution in [3.05, 3.63) is 47.5 Å². The number of Topliss-reactive ketones (excluding diaryl/α,β-unsaturated/α-hetero) is 1. The Hall–Kier alpha value is -2.65. The first kappa shape index (κ1) is 18.7. The van der Waals surface area contributed by atoms with Crippen molar-refractivity contribution in [2.75, 3.05) is 12.4 Å². The number of thioether (sulfide) groups is 1. The fourth-order valence-electron chi connectivity index (χ4n) is 2.09. The first-order valence-electron chi connectivity index (χ1n) is 7.81.